The minimum atomic E-state index is -5.27. The van der Waals surface area contributed by atoms with Gasteiger partial charge in [0.25, 0.3) is 5.60 Å². The van der Waals surface area contributed by atoms with E-state index in [1.807, 2.05) is 0 Å². The third-order valence-corrected chi connectivity index (χ3v) is 3.26. The highest BCUT2D eigenvalue weighted by Crippen LogP contribution is 2.41. The summed E-state index contributed by atoms with van der Waals surface area (Å²) >= 11 is 5.33. The number of carbonyl (C=O) groups excluding carboxylic acids is 2. The molecule has 9 heteroatoms. The maximum absolute atomic E-state index is 13.2. The molecule has 0 bridgehead atoms. The number of anilines is 1. The first-order valence-corrected chi connectivity index (χ1v) is 7.04. The van der Waals surface area contributed by atoms with Gasteiger partial charge in [-0.3, -0.25) is 4.79 Å². The normalized spacial score (nSPS) is 14.0. The summed E-state index contributed by atoms with van der Waals surface area (Å²) in [5.41, 5.74) is -4.06. The zero-order valence-corrected chi connectivity index (χ0v) is 13.1. The number of halogens is 4. The average Bonchev–Trinajstić information content (AvgIpc) is 2.47. The first-order chi connectivity index (χ1) is 10.6. The summed E-state index contributed by atoms with van der Waals surface area (Å²) in [6.45, 7) is 2.42. The first-order valence-electron chi connectivity index (χ1n) is 6.51. The standard InChI is InChI=1S/C14H15ClF3NO4/c1-3-23-12(21)13(22,14(16,17)18)9-4-5-10(8(2)6-9)19-11(20)7-15/h4-6,22H,3,7H2,1-2H3,(H,19,20)/t13-/m0/s1. The molecule has 1 aromatic rings. The predicted molar refractivity (Wildman–Crippen MR) is 77.1 cm³/mol. The monoisotopic (exact) mass is 353 g/mol. The molecule has 0 aliphatic rings. The van der Waals surface area contributed by atoms with Crippen molar-refractivity contribution in [2.45, 2.75) is 25.6 Å². The Morgan fingerprint density at radius 1 is 1.35 bits per heavy atom. The summed E-state index contributed by atoms with van der Waals surface area (Å²) < 4.78 is 44.0. The molecule has 0 aromatic heterocycles. The Balaban J connectivity index is 3.32. The lowest BCUT2D eigenvalue weighted by Gasteiger charge is -2.29. The van der Waals surface area contributed by atoms with Crippen molar-refractivity contribution in [2.75, 3.05) is 17.8 Å². The Morgan fingerprint density at radius 2 is 1.96 bits per heavy atom. The largest absolute Gasteiger partial charge is 0.463 e. The van der Waals surface area contributed by atoms with E-state index in [0.717, 1.165) is 18.2 Å². The van der Waals surface area contributed by atoms with Gasteiger partial charge in [-0.05, 0) is 25.5 Å². The van der Waals surface area contributed by atoms with Crippen LogP contribution in [0.4, 0.5) is 18.9 Å². The van der Waals surface area contributed by atoms with Crippen LogP contribution < -0.4 is 5.32 Å². The summed E-state index contributed by atoms with van der Waals surface area (Å²) in [5, 5.41) is 12.3. The summed E-state index contributed by atoms with van der Waals surface area (Å²) in [7, 11) is 0. The van der Waals surface area contributed by atoms with Crippen LogP contribution in [0, 0.1) is 6.92 Å². The molecule has 0 aliphatic carbocycles. The molecule has 0 aliphatic heterocycles. The van der Waals surface area contributed by atoms with Crippen molar-refractivity contribution in [3.05, 3.63) is 29.3 Å². The molecule has 0 fully saturated rings. The predicted octanol–water partition coefficient (Wildman–Crippen LogP) is 2.49. The van der Waals surface area contributed by atoms with Crippen molar-refractivity contribution in [1.82, 2.24) is 0 Å². The Bertz CT molecular complexity index is 606. The molecule has 1 rings (SSSR count). The third kappa shape index (κ3) is 3.94. The van der Waals surface area contributed by atoms with E-state index in [2.05, 4.69) is 10.1 Å². The van der Waals surface area contributed by atoms with E-state index >= 15 is 0 Å². The third-order valence-electron chi connectivity index (χ3n) is 3.02. The summed E-state index contributed by atoms with van der Waals surface area (Å²) in [6, 6.07) is 2.99. The molecule has 0 unspecified atom stereocenters. The lowest BCUT2D eigenvalue weighted by Crippen LogP contribution is -2.50. The number of aryl methyl sites for hydroxylation is 1. The van der Waals surface area contributed by atoms with E-state index in [0.29, 0.717) is 0 Å². The summed E-state index contributed by atoms with van der Waals surface area (Å²) in [6.07, 6.45) is -5.27. The second-order valence-corrected chi connectivity index (χ2v) is 4.91. The van der Waals surface area contributed by atoms with Gasteiger partial charge in [0, 0.05) is 11.3 Å². The number of hydrogen-bond donors (Lipinski definition) is 2. The molecule has 0 saturated carbocycles. The van der Waals surface area contributed by atoms with Crippen molar-refractivity contribution in [1.29, 1.82) is 0 Å². The van der Waals surface area contributed by atoms with Gasteiger partial charge in [0.05, 0.1) is 6.61 Å². The number of carbonyl (C=O) groups is 2. The molecule has 1 aromatic carbocycles. The van der Waals surface area contributed by atoms with Gasteiger partial charge in [-0.25, -0.2) is 4.79 Å². The molecular formula is C14H15ClF3NO4. The van der Waals surface area contributed by atoms with Crippen LogP contribution in [-0.4, -0.2) is 35.6 Å². The number of nitrogens with one attached hydrogen (secondary N) is 1. The Morgan fingerprint density at radius 3 is 2.39 bits per heavy atom. The Labute approximate surface area is 135 Å². The Hall–Kier alpha value is -1.80. The van der Waals surface area contributed by atoms with E-state index in [4.69, 9.17) is 11.6 Å². The first kappa shape index (κ1) is 19.2. The van der Waals surface area contributed by atoms with E-state index in [9.17, 15) is 27.9 Å². The topological polar surface area (TPSA) is 75.6 Å². The maximum atomic E-state index is 13.2. The number of rotatable bonds is 5. The van der Waals surface area contributed by atoms with Gasteiger partial charge in [0.1, 0.15) is 5.88 Å². The number of esters is 1. The van der Waals surface area contributed by atoms with Gasteiger partial charge in [0.15, 0.2) is 0 Å². The molecule has 0 spiro atoms. The van der Waals surface area contributed by atoms with Crippen LogP contribution in [0.5, 0.6) is 0 Å². The van der Waals surface area contributed by atoms with Crippen LogP contribution >= 0.6 is 11.6 Å². The average molecular weight is 354 g/mol. The molecule has 0 saturated heterocycles. The van der Waals surface area contributed by atoms with Crippen molar-refractivity contribution < 1.29 is 32.6 Å². The highest BCUT2D eigenvalue weighted by molar-refractivity contribution is 6.29. The number of alkyl halides is 4. The van der Waals surface area contributed by atoms with E-state index in [1.54, 1.807) is 0 Å². The summed E-state index contributed by atoms with van der Waals surface area (Å²) in [5.74, 6) is -2.68. The fourth-order valence-corrected chi connectivity index (χ4v) is 1.91. The van der Waals surface area contributed by atoms with Crippen LogP contribution in [-0.2, 0) is 19.9 Å². The minimum absolute atomic E-state index is 0.216. The van der Waals surface area contributed by atoms with Crippen molar-refractivity contribution in [3.63, 3.8) is 0 Å². The fraction of sp³-hybridized carbons (Fsp3) is 0.429. The van der Waals surface area contributed by atoms with Crippen molar-refractivity contribution in [3.8, 4) is 0 Å². The number of benzene rings is 1. The minimum Gasteiger partial charge on any atom is -0.463 e. The van der Waals surface area contributed by atoms with E-state index in [1.165, 1.54) is 13.8 Å². The SMILES string of the molecule is CCOC(=O)[C@@](O)(c1ccc(NC(=O)CCl)c(C)c1)C(F)(F)F. The van der Waals surface area contributed by atoms with Crippen LogP contribution in [0.15, 0.2) is 18.2 Å². The number of aliphatic hydroxyl groups is 1. The molecule has 0 heterocycles. The molecule has 128 valence electrons. The van der Waals surface area contributed by atoms with Gasteiger partial charge < -0.3 is 15.2 Å². The Kier molecular flexibility index (Phi) is 6.01. The highest BCUT2D eigenvalue weighted by atomic mass is 35.5. The lowest BCUT2D eigenvalue weighted by molar-refractivity contribution is -0.267. The molecule has 1 amide bonds. The fourth-order valence-electron chi connectivity index (χ4n) is 1.85. The van der Waals surface area contributed by atoms with Gasteiger partial charge in [-0.2, -0.15) is 13.2 Å². The van der Waals surface area contributed by atoms with Gasteiger partial charge in [-0.15, -0.1) is 11.6 Å². The van der Waals surface area contributed by atoms with E-state index < -0.39 is 29.2 Å². The molecular weight excluding hydrogens is 339 g/mol. The number of hydrogen-bond acceptors (Lipinski definition) is 4. The van der Waals surface area contributed by atoms with Gasteiger partial charge in [0.2, 0.25) is 5.91 Å². The van der Waals surface area contributed by atoms with Crippen molar-refractivity contribution >= 4 is 29.2 Å². The van der Waals surface area contributed by atoms with Crippen LogP contribution in [0.25, 0.3) is 0 Å². The van der Waals surface area contributed by atoms with Crippen LogP contribution in [0.3, 0.4) is 0 Å². The van der Waals surface area contributed by atoms with Gasteiger partial charge >= 0.3 is 12.1 Å². The molecule has 5 nitrogen and oxygen atoms in total. The quantitative estimate of drug-likeness (QED) is 0.630. The second-order valence-electron chi connectivity index (χ2n) is 4.64. The lowest BCUT2D eigenvalue weighted by atomic mass is 9.91. The zero-order valence-electron chi connectivity index (χ0n) is 12.3. The van der Waals surface area contributed by atoms with Crippen LogP contribution in [0.1, 0.15) is 18.1 Å². The molecule has 23 heavy (non-hydrogen) atoms. The second kappa shape index (κ2) is 7.18. The van der Waals surface area contributed by atoms with E-state index in [-0.39, 0.29) is 23.7 Å². The van der Waals surface area contributed by atoms with Crippen LogP contribution in [0.2, 0.25) is 0 Å². The number of ether oxygens (including phenoxy) is 1. The molecule has 2 N–H and O–H groups in total. The highest BCUT2D eigenvalue weighted by Gasteiger charge is 2.62. The number of amides is 1. The van der Waals surface area contributed by atoms with Crippen molar-refractivity contribution in [2.24, 2.45) is 0 Å². The molecule has 0 radical (unpaired) electrons. The molecule has 1 atom stereocenters. The maximum Gasteiger partial charge on any atom is 0.432 e. The zero-order chi connectivity index (χ0) is 17.8. The smallest absolute Gasteiger partial charge is 0.432 e. The van der Waals surface area contributed by atoms with Gasteiger partial charge in [-0.1, -0.05) is 12.1 Å². The summed E-state index contributed by atoms with van der Waals surface area (Å²) in [4.78, 5) is 22.9.